The fraction of sp³-hybridized carbons (Fsp3) is 0.364. The Labute approximate surface area is 175 Å². The molecule has 0 bridgehead atoms. The summed E-state index contributed by atoms with van der Waals surface area (Å²) in [7, 11) is -1.74. The number of amides is 2. The lowest BCUT2D eigenvalue weighted by Crippen LogP contribution is -2.39. The van der Waals surface area contributed by atoms with E-state index in [1.807, 2.05) is 12.1 Å². The molecule has 0 saturated carbocycles. The Kier molecular flexibility index (Phi) is 7.23. The molecule has 2 aromatic carbocycles. The molecule has 1 fully saturated rings. The Balaban J connectivity index is 1.56. The number of hydrogen-bond donors (Lipinski definition) is 3. The standard InChI is InChI=1S/C22H26BFN2O4/c1-15(27)25-14-16-3-2-4-18(11-16)17-7-9-26(10-8-17)22(28)12-19-5-6-20(23(29)30)13-21(19)24/h2-6,11,13,17,29-30H,7-10,12,14H2,1H3,(H,25,27). The maximum Gasteiger partial charge on any atom is 0.488 e. The first kappa shape index (κ1) is 22.0. The summed E-state index contributed by atoms with van der Waals surface area (Å²) in [5.74, 6) is -0.469. The van der Waals surface area contributed by atoms with Gasteiger partial charge in [0, 0.05) is 26.6 Å². The quantitative estimate of drug-likeness (QED) is 0.620. The van der Waals surface area contributed by atoms with Gasteiger partial charge in [-0.05, 0) is 47.0 Å². The Morgan fingerprint density at radius 3 is 2.53 bits per heavy atom. The van der Waals surface area contributed by atoms with Gasteiger partial charge < -0.3 is 20.3 Å². The summed E-state index contributed by atoms with van der Waals surface area (Å²) in [5.41, 5.74) is 2.56. The first-order valence-electron chi connectivity index (χ1n) is 10.1. The fourth-order valence-corrected chi connectivity index (χ4v) is 3.79. The van der Waals surface area contributed by atoms with Crippen molar-refractivity contribution >= 4 is 24.4 Å². The molecule has 0 aromatic heterocycles. The highest BCUT2D eigenvalue weighted by atomic mass is 19.1. The molecule has 2 aromatic rings. The highest BCUT2D eigenvalue weighted by Crippen LogP contribution is 2.29. The second-order valence-corrected chi connectivity index (χ2v) is 7.71. The van der Waals surface area contributed by atoms with Gasteiger partial charge in [0.25, 0.3) is 0 Å². The van der Waals surface area contributed by atoms with E-state index in [1.54, 1.807) is 4.90 Å². The van der Waals surface area contributed by atoms with Crippen LogP contribution in [0.1, 0.15) is 42.4 Å². The lowest BCUT2D eigenvalue weighted by Gasteiger charge is -2.32. The van der Waals surface area contributed by atoms with Crippen LogP contribution in [0.15, 0.2) is 42.5 Å². The third-order valence-electron chi connectivity index (χ3n) is 5.53. The Bertz CT molecular complexity index is 914. The van der Waals surface area contributed by atoms with Crippen LogP contribution in [0.4, 0.5) is 4.39 Å². The number of nitrogens with one attached hydrogen (secondary N) is 1. The van der Waals surface area contributed by atoms with Crippen molar-refractivity contribution in [2.75, 3.05) is 13.1 Å². The van der Waals surface area contributed by atoms with E-state index in [4.69, 9.17) is 10.0 Å². The van der Waals surface area contributed by atoms with Crippen LogP contribution in [-0.2, 0) is 22.6 Å². The number of nitrogens with zero attached hydrogens (tertiary/aromatic N) is 1. The van der Waals surface area contributed by atoms with E-state index in [0.717, 1.165) is 24.5 Å². The molecule has 6 nitrogen and oxygen atoms in total. The van der Waals surface area contributed by atoms with Crippen LogP contribution < -0.4 is 10.8 Å². The van der Waals surface area contributed by atoms with Crippen molar-refractivity contribution in [1.82, 2.24) is 10.2 Å². The van der Waals surface area contributed by atoms with Crippen LogP contribution >= 0.6 is 0 Å². The van der Waals surface area contributed by atoms with Gasteiger partial charge in [-0.2, -0.15) is 0 Å². The van der Waals surface area contributed by atoms with Gasteiger partial charge in [0.05, 0.1) is 6.42 Å². The van der Waals surface area contributed by atoms with Crippen molar-refractivity contribution in [2.45, 2.75) is 38.6 Å². The normalized spacial score (nSPS) is 14.5. The van der Waals surface area contributed by atoms with Gasteiger partial charge in [-0.3, -0.25) is 9.59 Å². The van der Waals surface area contributed by atoms with E-state index in [2.05, 4.69) is 17.4 Å². The topological polar surface area (TPSA) is 89.9 Å². The molecule has 3 rings (SSSR count). The monoisotopic (exact) mass is 412 g/mol. The molecule has 2 amide bonds. The second kappa shape index (κ2) is 9.87. The van der Waals surface area contributed by atoms with Crippen molar-refractivity contribution < 1.29 is 24.0 Å². The molecule has 0 aliphatic carbocycles. The molecular formula is C22H26BFN2O4. The first-order chi connectivity index (χ1) is 14.3. The van der Waals surface area contributed by atoms with Gasteiger partial charge in [0.2, 0.25) is 11.8 Å². The number of benzene rings is 2. The summed E-state index contributed by atoms with van der Waals surface area (Å²) in [6.45, 7) is 3.20. The number of halogens is 1. The Morgan fingerprint density at radius 1 is 1.17 bits per heavy atom. The molecule has 1 heterocycles. The molecule has 0 unspecified atom stereocenters. The maximum absolute atomic E-state index is 14.2. The molecule has 1 aliphatic heterocycles. The van der Waals surface area contributed by atoms with Gasteiger partial charge in [-0.25, -0.2) is 4.39 Å². The van der Waals surface area contributed by atoms with Crippen LogP contribution in [0.25, 0.3) is 0 Å². The lowest BCUT2D eigenvalue weighted by molar-refractivity contribution is -0.131. The Hall–Kier alpha value is -2.71. The van der Waals surface area contributed by atoms with Gasteiger partial charge in [-0.1, -0.05) is 36.4 Å². The SMILES string of the molecule is CC(=O)NCc1cccc(C2CCN(C(=O)Cc3ccc(B(O)O)cc3F)CC2)c1. The fourth-order valence-electron chi connectivity index (χ4n) is 3.79. The third kappa shape index (κ3) is 5.67. The Morgan fingerprint density at radius 2 is 1.90 bits per heavy atom. The van der Waals surface area contributed by atoms with Gasteiger partial charge in [-0.15, -0.1) is 0 Å². The predicted molar refractivity (Wildman–Crippen MR) is 112 cm³/mol. The second-order valence-electron chi connectivity index (χ2n) is 7.71. The molecule has 30 heavy (non-hydrogen) atoms. The average Bonchev–Trinajstić information content (AvgIpc) is 2.74. The van der Waals surface area contributed by atoms with E-state index < -0.39 is 12.9 Å². The smallest absolute Gasteiger partial charge is 0.423 e. The summed E-state index contributed by atoms with van der Waals surface area (Å²) in [6, 6.07) is 12.0. The zero-order valence-electron chi connectivity index (χ0n) is 17.0. The zero-order chi connectivity index (χ0) is 21.7. The van der Waals surface area contributed by atoms with Crippen molar-refractivity contribution in [3.63, 3.8) is 0 Å². The summed E-state index contributed by atoms with van der Waals surface area (Å²) in [4.78, 5) is 25.5. The number of carbonyl (C=O) groups excluding carboxylic acids is 2. The van der Waals surface area contributed by atoms with E-state index in [-0.39, 0.29) is 29.3 Å². The third-order valence-corrected chi connectivity index (χ3v) is 5.53. The van der Waals surface area contributed by atoms with Crippen molar-refractivity contribution in [2.24, 2.45) is 0 Å². The number of likely N-dealkylation sites (tertiary alicyclic amines) is 1. The van der Waals surface area contributed by atoms with Gasteiger partial charge in [0.15, 0.2) is 0 Å². The van der Waals surface area contributed by atoms with Crippen molar-refractivity contribution in [3.05, 3.63) is 65.0 Å². The summed E-state index contributed by atoms with van der Waals surface area (Å²) < 4.78 is 14.2. The van der Waals surface area contributed by atoms with E-state index >= 15 is 0 Å². The predicted octanol–water partition coefficient (Wildman–Crippen LogP) is 1.09. The van der Waals surface area contributed by atoms with Crippen molar-refractivity contribution in [1.29, 1.82) is 0 Å². The number of piperidine rings is 1. The number of carbonyl (C=O) groups is 2. The summed E-state index contributed by atoms with van der Waals surface area (Å²) in [6.07, 6.45) is 1.60. The molecule has 0 atom stereocenters. The minimum absolute atomic E-state index is 0.0511. The largest absolute Gasteiger partial charge is 0.488 e. The molecule has 158 valence electrons. The molecule has 0 radical (unpaired) electrons. The van der Waals surface area contributed by atoms with Gasteiger partial charge >= 0.3 is 7.12 Å². The van der Waals surface area contributed by atoms with Crippen LogP contribution in [0.2, 0.25) is 0 Å². The number of rotatable bonds is 6. The van der Waals surface area contributed by atoms with Crippen LogP contribution in [0.3, 0.4) is 0 Å². The van der Waals surface area contributed by atoms with Crippen molar-refractivity contribution in [3.8, 4) is 0 Å². The van der Waals surface area contributed by atoms with Crippen LogP contribution in [-0.4, -0.2) is 47.0 Å². The minimum Gasteiger partial charge on any atom is -0.423 e. The average molecular weight is 412 g/mol. The molecule has 0 spiro atoms. The molecular weight excluding hydrogens is 386 g/mol. The zero-order valence-corrected chi connectivity index (χ0v) is 17.0. The molecule has 3 N–H and O–H groups in total. The summed E-state index contributed by atoms with van der Waals surface area (Å²) >= 11 is 0. The van der Waals surface area contributed by atoms with Crippen LogP contribution in [0, 0.1) is 5.82 Å². The summed E-state index contributed by atoms with van der Waals surface area (Å²) in [5, 5.41) is 21.0. The number of hydrogen-bond acceptors (Lipinski definition) is 4. The molecule has 1 aliphatic rings. The highest BCUT2D eigenvalue weighted by Gasteiger charge is 2.25. The van der Waals surface area contributed by atoms with Gasteiger partial charge in [0.1, 0.15) is 5.82 Å². The first-order valence-corrected chi connectivity index (χ1v) is 10.1. The maximum atomic E-state index is 14.2. The minimum atomic E-state index is -1.74. The lowest BCUT2D eigenvalue weighted by atomic mass is 9.80. The van der Waals surface area contributed by atoms with E-state index in [0.29, 0.717) is 25.6 Å². The van der Waals surface area contributed by atoms with E-state index in [9.17, 15) is 14.0 Å². The molecule has 1 saturated heterocycles. The molecule has 8 heteroatoms. The van der Waals surface area contributed by atoms with E-state index in [1.165, 1.54) is 24.6 Å². The van der Waals surface area contributed by atoms with Crippen LogP contribution in [0.5, 0.6) is 0 Å². The highest BCUT2D eigenvalue weighted by molar-refractivity contribution is 6.58.